The number of pyridine rings is 1. The Morgan fingerprint density at radius 1 is 1.29 bits per heavy atom. The smallest absolute Gasteiger partial charge is 0.340 e. The number of halogens is 3. The molecule has 0 aliphatic carbocycles. The molecule has 0 spiro atoms. The molecule has 1 aromatic heterocycles. The van der Waals surface area contributed by atoms with Gasteiger partial charge in [0.25, 0.3) is 5.56 Å². The van der Waals surface area contributed by atoms with Gasteiger partial charge in [-0.1, -0.05) is 6.42 Å². The summed E-state index contributed by atoms with van der Waals surface area (Å²) in [4.78, 5) is 27.9. The lowest BCUT2D eigenvalue weighted by molar-refractivity contribution is -0.138. The third-order valence-electron chi connectivity index (χ3n) is 4.35. The van der Waals surface area contributed by atoms with Crippen LogP contribution >= 0.6 is 0 Å². The SMILES string of the molecule is CN(C)C1CCCCN(C(=O)Cn2cc(C(F)(F)F)ccc2=O)C1. The monoisotopic (exact) mass is 345 g/mol. The van der Waals surface area contributed by atoms with Crippen LogP contribution in [-0.4, -0.2) is 53.5 Å². The van der Waals surface area contributed by atoms with Gasteiger partial charge in [-0.3, -0.25) is 9.59 Å². The molecule has 0 bridgehead atoms. The number of rotatable bonds is 3. The number of carbonyl (C=O) groups is 1. The Morgan fingerprint density at radius 2 is 2.00 bits per heavy atom. The van der Waals surface area contributed by atoms with Gasteiger partial charge >= 0.3 is 6.18 Å². The number of likely N-dealkylation sites (tertiary alicyclic amines) is 1. The fraction of sp³-hybridized carbons (Fsp3) is 0.625. The first-order chi connectivity index (χ1) is 11.2. The molecule has 2 heterocycles. The molecule has 8 heteroatoms. The Hall–Kier alpha value is -1.83. The third-order valence-corrected chi connectivity index (χ3v) is 4.35. The van der Waals surface area contributed by atoms with Crippen LogP contribution in [0.25, 0.3) is 0 Å². The molecule has 1 amide bonds. The van der Waals surface area contributed by atoms with Crippen molar-refractivity contribution in [2.24, 2.45) is 0 Å². The van der Waals surface area contributed by atoms with E-state index in [9.17, 15) is 22.8 Å². The van der Waals surface area contributed by atoms with Crippen molar-refractivity contribution in [3.05, 3.63) is 34.2 Å². The molecule has 1 aliphatic heterocycles. The molecule has 24 heavy (non-hydrogen) atoms. The van der Waals surface area contributed by atoms with E-state index >= 15 is 0 Å². The van der Waals surface area contributed by atoms with Crippen LogP contribution in [0, 0.1) is 0 Å². The van der Waals surface area contributed by atoms with Crippen molar-refractivity contribution in [1.82, 2.24) is 14.4 Å². The first-order valence-corrected chi connectivity index (χ1v) is 7.90. The lowest BCUT2D eigenvalue weighted by Gasteiger charge is -2.28. The van der Waals surface area contributed by atoms with Gasteiger partial charge < -0.3 is 14.4 Å². The Kier molecular flexibility index (Phi) is 5.69. The maximum absolute atomic E-state index is 12.8. The van der Waals surface area contributed by atoms with Gasteiger partial charge in [-0.15, -0.1) is 0 Å². The van der Waals surface area contributed by atoms with Crippen molar-refractivity contribution in [3.8, 4) is 0 Å². The Labute approximate surface area is 138 Å². The summed E-state index contributed by atoms with van der Waals surface area (Å²) in [5.41, 5.74) is -1.55. The van der Waals surface area contributed by atoms with Crippen LogP contribution < -0.4 is 5.56 Å². The minimum atomic E-state index is -4.54. The normalized spacial score (nSPS) is 19.4. The molecular formula is C16H22F3N3O2. The van der Waals surface area contributed by atoms with Crippen LogP contribution in [0.2, 0.25) is 0 Å². The predicted molar refractivity (Wildman–Crippen MR) is 83.6 cm³/mol. The first kappa shape index (κ1) is 18.5. The van der Waals surface area contributed by atoms with Crippen LogP contribution in [0.5, 0.6) is 0 Å². The molecule has 2 rings (SSSR count). The molecule has 0 N–H and O–H groups in total. The summed E-state index contributed by atoms with van der Waals surface area (Å²) in [7, 11) is 3.88. The van der Waals surface area contributed by atoms with E-state index < -0.39 is 17.3 Å². The molecule has 134 valence electrons. The van der Waals surface area contributed by atoms with Gasteiger partial charge in [0.05, 0.1) is 5.56 Å². The number of carbonyl (C=O) groups excluding carboxylic acids is 1. The highest BCUT2D eigenvalue weighted by atomic mass is 19.4. The molecule has 0 aromatic carbocycles. The van der Waals surface area contributed by atoms with Gasteiger partial charge in [0.2, 0.25) is 5.91 Å². The Morgan fingerprint density at radius 3 is 2.62 bits per heavy atom. The van der Waals surface area contributed by atoms with E-state index in [4.69, 9.17) is 0 Å². The second-order valence-electron chi connectivity index (χ2n) is 6.33. The number of hydrogen-bond acceptors (Lipinski definition) is 3. The number of alkyl halides is 3. The zero-order valence-electron chi connectivity index (χ0n) is 13.8. The van der Waals surface area contributed by atoms with Gasteiger partial charge in [0, 0.05) is 31.4 Å². The number of amides is 1. The van der Waals surface area contributed by atoms with Crippen LogP contribution in [0.3, 0.4) is 0 Å². The van der Waals surface area contributed by atoms with Gasteiger partial charge in [-0.05, 0) is 33.0 Å². The van der Waals surface area contributed by atoms with E-state index in [2.05, 4.69) is 0 Å². The maximum atomic E-state index is 12.8. The molecule has 1 unspecified atom stereocenters. The summed E-state index contributed by atoms with van der Waals surface area (Å²) in [6, 6.07) is 1.80. The Balaban J connectivity index is 2.15. The van der Waals surface area contributed by atoms with E-state index in [1.54, 1.807) is 4.90 Å². The van der Waals surface area contributed by atoms with Crippen LogP contribution in [-0.2, 0) is 17.5 Å². The van der Waals surface area contributed by atoms with E-state index in [0.717, 1.165) is 36.0 Å². The van der Waals surface area contributed by atoms with Crippen molar-refractivity contribution in [2.45, 2.75) is 38.0 Å². The highest BCUT2D eigenvalue weighted by Crippen LogP contribution is 2.28. The fourth-order valence-electron chi connectivity index (χ4n) is 2.84. The van der Waals surface area contributed by atoms with Gasteiger partial charge in [-0.2, -0.15) is 13.2 Å². The van der Waals surface area contributed by atoms with Crippen molar-refractivity contribution in [2.75, 3.05) is 27.2 Å². The molecular weight excluding hydrogens is 323 g/mol. The summed E-state index contributed by atoms with van der Waals surface area (Å²) in [5, 5.41) is 0. The zero-order chi connectivity index (χ0) is 17.9. The molecule has 0 radical (unpaired) electrons. The fourth-order valence-corrected chi connectivity index (χ4v) is 2.84. The van der Waals surface area contributed by atoms with E-state index in [0.29, 0.717) is 19.3 Å². The van der Waals surface area contributed by atoms with Gasteiger partial charge in [0.15, 0.2) is 0 Å². The average Bonchev–Trinajstić information content (AvgIpc) is 2.74. The first-order valence-electron chi connectivity index (χ1n) is 7.90. The largest absolute Gasteiger partial charge is 0.417 e. The van der Waals surface area contributed by atoms with Crippen molar-refractivity contribution in [3.63, 3.8) is 0 Å². The summed E-state index contributed by atoms with van der Waals surface area (Å²) < 4.78 is 39.1. The van der Waals surface area contributed by atoms with Crippen molar-refractivity contribution < 1.29 is 18.0 Å². The number of nitrogens with zero attached hydrogens (tertiary/aromatic N) is 3. The summed E-state index contributed by atoms with van der Waals surface area (Å²) in [5.74, 6) is -0.329. The molecule has 1 saturated heterocycles. The topological polar surface area (TPSA) is 45.5 Å². The summed E-state index contributed by atoms with van der Waals surface area (Å²) >= 11 is 0. The van der Waals surface area contributed by atoms with E-state index in [-0.39, 0.29) is 18.5 Å². The van der Waals surface area contributed by atoms with E-state index in [1.165, 1.54) is 0 Å². The maximum Gasteiger partial charge on any atom is 0.417 e. The minimum Gasteiger partial charge on any atom is -0.340 e. The lowest BCUT2D eigenvalue weighted by atomic mass is 10.1. The number of aromatic nitrogens is 1. The summed E-state index contributed by atoms with van der Waals surface area (Å²) in [6.45, 7) is 0.722. The molecule has 0 saturated carbocycles. The predicted octanol–water partition coefficient (Wildman–Crippen LogP) is 1.81. The number of hydrogen-bond donors (Lipinski definition) is 0. The highest BCUT2D eigenvalue weighted by molar-refractivity contribution is 5.76. The summed E-state index contributed by atoms with van der Waals surface area (Å²) in [6.07, 6.45) is -1.01. The third kappa shape index (κ3) is 4.59. The van der Waals surface area contributed by atoms with Crippen LogP contribution in [0.1, 0.15) is 24.8 Å². The van der Waals surface area contributed by atoms with Gasteiger partial charge in [0.1, 0.15) is 6.54 Å². The van der Waals surface area contributed by atoms with Crippen molar-refractivity contribution >= 4 is 5.91 Å². The Bertz CT molecular complexity index is 640. The second kappa shape index (κ2) is 7.38. The number of likely N-dealkylation sites (N-methyl/N-ethyl adjacent to an activating group) is 1. The minimum absolute atomic E-state index is 0.217. The van der Waals surface area contributed by atoms with Crippen LogP contribution in [0.4, 0.5) is 13.2 Å². The lowest BCUT2D eigenvalue weighted by Crippen LogP contribution is -2.43. The molecule has 1 fully saturated rings. The molecule has 5 nitrogen and oxygen atoms in total. The average molecular weight is 345 g/mol. The molecule has 1 aliphatic rings. The molecule has 1 aromatic rings. The quantitative estimate of drug-likeness (QED) is 0.839. The van der Waals surface area contributed by atoms with Crippen molar-refractivity contribution in [1.29, 1.82) is 0 Å². The van der Waals surface area contributed by atoms with Gasteiger partial charge in [-0.25, -0.2) is 0 Å². The second-order valence-corrected chi connectivity index (χ2v) is 6.33. The zero-order valence-corrected chi connectivity index (χ0v) is 13.8. The molecule has 1 atom stereocenters. The highest BCUT2D eigenvalue weighted by Gasteiger charge is 2.31. The van der Waals surface area contributed by atoms with Crippen LogP contribution in [0.15, 0.2) is 23.1 Å². The standard InChI is InChI=1S/C16H22F3N3O2/c1-20(2)13-5-3-4-8-21(10-13)15(24)11-22-9-12(16(17,18)19)6-7-14(22)23/h6-7,9,13H,3-5,8,10-11H2,1-2H3. The van der Waals surface area contributed by atoms with E-state index in [1.807, 2.05) is 19.0 Å².